The van der Waals surface area contributed by atoms with E-state index >= 15 is 0 Å². The van der Waals surface area contributed by atoms with Crippen LogP contribution in [0, 0.1) is 0 Å². The Kier molecular flexibility index (Phi) is 3.06. The van der Waals surface area contributed by atoms with Gasteiger partial charge in [-0.3, -0.25) is 0 Å². The molecule has 0 bridgehead atoms. The summed E-state index contributed by atoms with van der Waals surface area (Å²) < 4.78 is 2.46. The molecule has 0 aliphatic carbocycles. The second kappa shape index (κ2) is 5.77. The molecule has 0 amide bonds. The quantitative estimate of drug-likeness (QED) is 0.162. The normalized spacial score (nSPS) is 12.0. The lowest BCUT2D eigenvalue weighted by Gasteiger charge is -2.13. The third kappa shape index (κ3) is 1.99. The second-order valence-corrected chi connectivity index (χ2v) is 8.01. The van der Waals surface area contributed by atoms with E-state index in [4.69, 9.17) is 0 Å². The summed E-state index contributed by atoms with van der Waals surface area (Å²) in [5, 5.41) is 7.82. The van der Waals surface area contributed by atoms with Crippen molar-refractivity contribution < 1.29 is 4.40 Å². The van der Waals surface area contributed by atoms with Gasteiger partial charge in [0.05, 0.1) is 21.5 Å². The Labute approximate surface area is 173 Å². The first-order valence-corrected chi connectivity index (χ1v) is 10.4. The monoisotopic (exact) mass is 380 g/mol. The van der Waals surface area contributed by atoms with E-state index in [1.54, 1.807) is 0 Å². The lowest BCUT2D eigenvalue weighted by molar-refractivity contribution is -0.448. The zero-order chi connectivity index (χ0) is 19.7. The molecule has 4 aromatic carbocycles. The van der Waals surface area contributed by atoms with Crippen LogP contribution < -0.4 is 4.40 Å². The highest BCUT2D eigenvalue weighted by atomic mass is 14.9. The first-order chi connectivity index (χ1) is 14.9. The van der Waals surface area contributed by atoms with Crippen molar-refractivity contribution in [1.82, 2.24) is 0 Å². The highest BCUT2D eigenvalue weighted by Crippen LogP contribution is 2.37. The summed E-state index contributed by atoms with van der Waals surface area (Å²) in [6.07, 6.45) is 0. The molecule has 0 N–H and O–H groups in total. The van der Waals surface area contributed by atoms with Crippen LogP contribution in [-0.2, 0) is 0 Å². The van der Waals surface area contributed by atoms with E-state index in [9.17, 15) is 0 Å². The number of pyridine rings is 3. The maximum atomic E-state index is 2.46. The van der Waals surface area contributed by atoms with Gasteiger partial charge < -0.3 is 0 Å². The minimum atomic E-state index is 1.25. The third-order valence-corrected chi connectivity index (χ3v) is 6.42. The fourth-order valence-electron chi connectivity index (χ4n) is 5.14. The van der Waals surface area contributed by atoms with Crippen molar-refractivity contribution in [2.75, 3.05) is 0 Å². The van der Waals surface area contributed by atoms with Gasteiger partial charge in [-0.05, 0) is 41.5 Å². The molecule has 0 spiro atoms. The van der Waals surface area contributed by atoms with Gasteiger partial charge in [0.2, 0.25) is 16.6 Å². The first kappa shape index (κ1) is 15.9. The van der Waals surface area contributed by atoms with Crippen LogP contribution in [0.25, 0.3) is 60.0 Å². The van der Waals surface area contributed by atoms with Gasteiger partial charge in [-0.2, -0.15) is 4.40 Å². The molecule has 1 nitrogen and oxygen atoms in total. The summed E-state index contributed by atoms with van der Waals surface area (Å²) in [6, 6.07) is 39.7. The van der Waals surface area contributed by atoms with Crippen molar-refractivity contribution in [3.05, 3.63) is 109 Å². The molecule has 7 aromatic rings. The van der Waals surface area contributed by atoms with Crippen molar-refractivity contribution in [3.8, 4) is 11.1 Å². The Balaban J connectivity index is 1.86. The Hall–Kier alpha value is -3.97. The number of aromatic nitrogens is 1. The third-order valence-electron chi connectivity index (χ3n) is 6.42. The lowest BCUT2D eigenvalue weighted by atomic mass is 9.93. The van der Waals surface area contributed by atoms with E-state index < -0.39 is 0 Å². The molecule has 7 rings (SSSR count). The molecule has 0 unspecified atom stereocenters. The SMILES string of the molecule is c1ccc(-c2cc3c4ccccc4c4cccc5c6ccccc6c(c2)c3[n+]45)cc1. The standard InChI is InChI=1S/C29H18N/c1-2-9-19(10-3-1)20-17-25-21-11-4-6-13-23(21)27-15-8-16-28-24-14-7-5-12-22(24)26(18-20)29(25)30(27)28/h1-18H/q+1. The van der Waals surface area contributed by atoms with Crippen LogP contribution in [0.1, 0.15) is 0 Å². The van der Waals surface area contributed by atoms with E-state index in [2.05, 4.69) is 114 Å². The summed E-state index contributed by atoms with van der Waals surface area (Å²) >= 11 is 0. The maximum Gasteiger partial charge on any atom is 0.227 e. The van der Waals surface area contributed by atoms with Gasteiger partial charge in [0, 0.05) is 22.9 Å². The summed E-state index contributed by atoms with van der Waals surface area (Å²) in [7, 11) is 0. The van der Waals surface area contributed by atoms with E-state index in [1.807, 2.05) is 0 Å². The van der Waals surface area contributed by atoms with Crippen molar-refractivity contribution in [3.63, 3.8) is 0 Å². The van der Waals surface area contributed by atoms with Crippen molar-refractivity contribution in [2.24, 2.45) is 0 Å². The van der Waals surface area contributed by atoms with Crippen molar-refractivity contribution in [1.29, 1.82) is 0 Å². The molecule has 0 atom stereocenters. The highest BCUT2D eigenvalue weighted by molar-refractivity contribution is 6.21. The van der Waals surface area contributed by atoms with Gasteiger partial charge in [0.25, 0.3) is 0 Å². The molecular formula is C29H18N+. The lowest BCUT2D eigenvalue weighted by Crippen LogP contribution is -2.26. The minimum absolute atomic E-state index is 1.25. The largest absolute Gasteiger partial charge is 0.227 e. The number of hydrogen-bond acceptors (Lipinski definition) is 0. The van der Waals surface area contributed by atoms with Gasteiger partial charge in [-0.1, -0.05) is 66.7 Å². The molecule has 0 fully saturated rings. The molecule has 0 aliphatic heterocycles. The first-order valence-electron chi connectivity index (χ1n) is 10.4. The average Bonchev–Trinajstić information content (AvgIpc) is 2.84. The Morgan fingerprint density at radius 1 is 0.367 bits per heavy atom. The fraction of sp³-hybridized carbons (Fsp3) is 0. The molecule has 0 aliphatic rings. The topological polar surface area (TPSA) is 4.10 Å². The Bertz CT molecular complexity index is 1630. The number of nitrogens with zero attached hydrogens (tertiary/aromatic N) is 1. The van der Waals surface area contributed by atoms with E-state index in [-0.39, 0.29) is 0 Å². The number of hydrogen-bond donors (Lipinski definition) is 0. The van der Waals surface area contributed by atoms with Crippen LogP contribution in [0.3, 0.4) is 0 Å². The second-order valence-electron chi connectivity index (χ2n) is 8.01. The van der Waals surface area contributed by atoms with Crippen LogP contribution in [0.5, 0.6) is 0 Å². The molecule has 0 radical (unpaired) electrons. The summed E-state index contributed by atoms with van der Waals surface area (Å²) in [5.41, 5.74) is 6.34. The molecule has 1 heteroatoms. The van der Waals surface area contributed by atoms with Gasteiger partial charge in [-0.25, -0.2) is 0 Å². The van der Waals surface area contributed by atoms with E-state index in [0.717, 1.165) is 0 Å². The predicted octanol–water partition coefficient (Wildman–Crippen LogP) is 7.14. The number of rotatable bonds is 1. The zero-order valence-electron chi connectivity index (χ0n) is 16.3. The van der Waals surface area contributed by atoms with Gasteiger partial charge in [0.1, 0.15) is 0 Å². The highest BCUT2D eigenvalue weighted by Gasteiger charge is 2.24. The average molecular weight is 380 g/mol. The predicted molar refractivity (Wildman–Crippen MR) is 126 cm³/mol. The molecule has 3 aromatic heterocycles. The van der Waals surface area contributed by atoms with E-state index in [0.29, 0.717) is 0 Å². The number of benzene rings is 4. The van der Waals surface area contributed by atoms with Crippen LogP contribution in [-0.4, -0.2) is 0 Å². The Morgan fingerprint density at radius 2 is 0.867 bits per heavy atom. The zero-order valence-corrected chi connectivity index (χ0v) is 16.3. The molecule has 0 saturated heterocycles. The van der Waals surface area contributed by atoms with Crippen LogP contribution in [0.4, 0.5) is 0 Å². The summed E-state index contributed by atoms with van der Waals surface area (Å²) in [5.74, 6) is 0. The van der Waals surface area contributed by atoms with Crippen LogP contribution in [0.15, 0.2) is 109 Å². The van der Waals surface area contributed by atoms with Gasteiger partial charge in [0.15, 0.2) is 0 Å². The van der Waals surface area contributed by atoms with Gasteiger partial charge in [-0.15, -0.1) is 0 Å². The van der Waals surface area contributed by atoms with Crippen molar-refractivity contribution >= 4 is 48.9 Å². The molecule has 3 heterocycles. The fourth-order valence-corrected chi connectivity index (χ4v) is 5.14. The summed E-state index contributed by atoms with van der Waals surface area (Å²) in [6.45, 7) is 0. The van der Waals surface area contributed by atoms with Gasteiger partial charge >= 0.3 is 0 Å². The number of fused-ring (bicyclic) bond motifs is 6. The van der Waals surface area contributed by atoms with Crippen LogP contribution >= 0.6 is 0 Å². The smallest absolute Gasteiger partial charge is 0.152 e. The Morgan fingerprint density at radius 3 is 1.43 bits per heavy atom. The molecule has 0 saturated carbocycles. The molecular weight excluding hydrogens is 362 g/mol. The van der Waals surface area contributed by atoms with Crippen LogP contribution in [0.2, 0.25) is 0 Å². The maximum absolute atomic E-state index is 2.46. The summed E-state index contributed by atoms with van der Waals surface area (Å²) in [4.78, 5) is 0. The molecule has 138 valence electrons. The van der Waals surface area contributed by atoms with Crippen molar-refractivity contribution in [2.45, 2.75) is 0 Å². The molecule has 30 heavy (non-hydrogen) atoms. The minimum Gasteiger partial charge on any atom is -0.152 e. The van der Waals surface area contributed by atoms with E-state index in [1.165, 1.54) is 60.0 Å².